The van der Waals surface area contributed by atoms with Gasteiger partial charge in [0, 0.05) is 12.6 Å². The van der Waals surface area contributed by atoms with Crippen LogP contribution in [0.4, 0.5) is 5.69 Å². The maximum absolute atomic E-state index is 11.8. The molecule has 0 aliphatic carbocycles. The maximum Gasteiger partial charge on any atom is 0.325 e. The highest BCUT2D eigenvalue weighted by Gasteiger charge is 2.21. The van der Waals surface area contributed by atoms with E-state index in [1.54, 1.807) is 6.92 Å². The molecule has 1 heterocycles. The van der Waals surface area contributed by atoms with Crippen LogP contribution in [0.15, 0.2) is 12.3 Å². The number of nitrogens with one attached hydrogen (secondary N) is 1. The minimum Gasteiger partial charge on any atom is -0.480 e. The molecule has 1 aromatic rings. The molecule has 98 valence electrons. The van der Waals surface area contributed by atoms with Gasteiger partial charge in [0.2, 0.25) is 0 Å². The first-order chi connectivity index (χ1) is 8.36. The molecular formula is C10H13N3O5. The number of amides is 1. The molecule has 0 radical (unpaired) electrons. The van der Waals surface area contributed by atoms with E-state index in [-0.39, 0.29) is 11.4 Å². The van der Waals surface area contributed by atoms with Crippen molar-refractivity contribution in [2.75, 3.05) is 0 Å². The van der Waals surface area contributed by atoms with Gasteiger partial charge in [-0.3, -0.25) is 19.7 Å². The van der Waals surface area contributed by atoms with Gasteiger partial charge < -0.3 is 15.0 Å². The van der Waals surface area contributed by atoms with Gasteiger partial charge >= 0.3 is 5.97 Å². The number of nitro groups is 1. The molecule has 1 atom stereocenters. The smallest absolute Gasteiger partial charge is 0.325 e. The van der Waals surface area contributed by atoms with Gasteiger partial charge in [0.25, 0.3) is 11.6 Å². The topological polar surface area (TPSA) is 114 Å². The quantitative estimate of drug-likeness (QED) is 0.591. The van der Waals surface area contributed by atoms with Gasteiger partial charge in [-0.1, -0.05) is 0 Å². The van der Waals surface area contributed by atoms with Crippen molar-refractivity contribution in [1.29, 1.82) is 0 Å². The van der Waals surface area contributed by atoms with Crippen molar-refractivity contribution >= 4 is 17.6 Å². The first kappa shape index (κ1) is 13.7. The Morgan fingerprint density at radius 3 is 2.67 bits per heavy atom. The summed E-state index contributed by atoms with van der Waals surface area (Å²) in [5.74, 6) is -1.83. The number of carbonyl (C=O) groups is 2. The minimum atomic E-state index is -1.17. The average Bonchev–Trinajstić information content (AvgIpc) is 2.72. The lowest BCUT2D eigenvalue weighted by Gasteiger charge is -2.10. The summed E-state index contributed by atoms with van der Waals surface area (Å²) in [6, 6.07) is 0.0599. The Balaban J connectivity index is 2.97. The van der Waals surface area contributed by atoms with Crippen LogP contribution in [0.5, 0.6) is 0 Å². The third-order valence-corrected chi connectivity index (χ3v) is 2.38. The van der Waals surface area contributed by atoms with Crippen LogP contribution >= 0.6 is 0 Å². The number of aliphatic carboxylic acids is 1. The summed E-state index contributed by atoms with van der Waals surface area (Å²) in [5.41, 5.74) is -0.137. The molecule has 0 aliphatic rings. The predicted molar refractivity (Wildman–Crippen MR) is 61.3 cm³/mol. The fourth-order valence-electron chi connectivity index (χ4n) is 1.38. The number of aryl methyl sites for hydroxylation is 1. The summed E-state index contributed by atoms with van der Waals surface area (Å²) in [6.45, 7) is 3.41. The molecule has 0 aromatic carbocycles. The van der Waals surface area contributed by atoms with Crippen LogP contribution in [-0.4, -0.2) is 32.5 Å². The number of carboxylic acids is 1. The van der Waals surface area contributed by atoms with Crippen molar-refractivity contribution in [2.24, 2.45) is 0 Å². The van der Waals surface area contributed by atoms with Crippen LogP contribution < -0.4 is 5.32 Å². The highest BCUT2D eigenvalue weighted by Crippen LogP contribution is 2.16. The second-order valence-electron chi connectivity index (χ2n) is 3.66. The van der Waals surface area contributed by atoms with E-state index in [0.717, 1.165) is 6.07 Å². The lowest BCUT2D eigenvalue weighted by Crippen LogP contribution is -2.39. The number of nitrogens with zero attached hydrogens (tertiary/aromatic N) is 2. The summed E-state index contributed by atoms with van der Waals surface area (Å²) in [4.78, 5) is 32.4. The van der Waals surface area contributed by atoms with Crippen LogP contribution in [0.2, 0.25) is 0 Å². The molecule has 1 aromatic heterocycles. The van der Waals surface area contributed by atoms with Gasteiger partial charge in [0.1, 0.15) is 11.7 Å². The Bertz CT molecular complexity index is 494. The average molecular weight is 255 g/mol. The Labute approximate surface area is 102 Å². The molecule has 0 aliphatic heterocycles. The van der Waals surface area contributed by atoms with Crippen molar-refractivity contribution in [3.05, 3.63) is 28.1 Å². The van der Waals surface area contributed by atoms with Gasteiger partial charge in [-0.25, -0.2) is 0 Å². The van der Waals surface area contributed by atoms with E-state index >= 15 is 0 Å². The fraction of sp³-hybridized carbons (Fsp3) is 0.400. The summed E-state index contributed by atoms with van der Waals surface area (Å²) in [6.07, 6.45) is 1.24. The second-order valence-corrected chi connectivity index (χ2v) is 3.66. The summed E-state index contributed by atoms with van der Waals surface area (Å²) in [7, 11) is 0. The lowest BCUT2D eigenvalue weighted by molar-refractivity contribution is -0.384. The number of carboxylic acid groups (broad SMARTS) is 1. The van der Waals surface area contributed by atoms with Gasteiger partial charge in [-0.2, -0.15) is 0 Å². The summed E-state index contributed by atoms with van der Waals surface area (Å²) < 4.78 is 1.39. The van der Waals surface area contributed by atoms with Crippen LogP contribution in [0, 0.1) is 10.1 Å². The Morgan fingerprint density at radius 2 is 2.22 bits per heavy atom. The number of carbonyl (C=O) groups excluding carboxylic acids is 1. The number of aromatic nitrogens is 1. The monoisotopic (exact) mass is 255 g/mol. The lowest BCUT2D eigenvalue weighted by atomic mass is 10.3. The molecule has 18 heavy (non-hydrogen) atoms. The summed E-state index contributed by atoms with van der Waals surface area (Å²) in [5, 5.41) is 21.5. The van der Waals surface area contributed by atoms with Gasteiger partial charge in [-0.05, 0) is 13.8 Å². The van der Waals surface area contributed by atoms with E-state index in [4.69, 9.17) is 5.11 Å². The van der Waals surface area contributed by atoms with E-state index in [2.05, 4.69) is 5.32 Å². The van der Waals surface area contributed by atoms with Gasteiger partial charge in [0.05, 0.1) is 11.1 Å². The van der Waals surface area contributed by atoms with Crippen molar-refractivity contribution in [3.8, 4) is 0 Å². The fourth-order valence-corrected chi connectivity index (χ4v) is 1.38. The zero-order chi connectivity index (χ0) is 13.9. The molecular weight excluding hydrogens is 242 g/mol. The Hall–Kier alpha value is -2.38. The standard InChI is InChI=1S/C10H13N3O5/c1-3-12-5-7(13(17)18)4-8(12)9(14)11-6(2)10(15)16/h4-6H,3H2,1-2H3,(H,11,14)(H,15,16)/t6-/m0/s1. The first-order valence-corrected chi connectivity index (χ1v) is 5.25. The molecule has 0 unspecified atom stereocenters. The van der Waals surface area contributed by atoms with Crippen molar-refractivity contribution in [2.45, 2.75) is 26.4 Å². The molecule has 8 nitrogen and oxygen atoms in total. The van der Waals surface area contributed by atoms with Crippen molar-refractivity contribution in [3.63, 3.8) is 0 Å². The Kier molecular flexibility index (Phi) is 4.03. The van der Waals surface area contributed by atoms with E-state index in [0.29, 0.717) is 6.54 Å². The third-order valence-electron chi connectivity index (χ3n) is 2.38. The molecule has 0 saturated carbocycles. The van der Waals surface area contributed by atoms with E-state index in [1.165, 1.54) is 17.7 Å². The van der Waals surface area contributed by atoms with Crippen LogP contribution in [0.1, 0.15) is 24.3 Å². The van der Waals surface area contributed by atoms with E-state index in [9.17, 15) is 19.7 Å². The Morgan fingerprint density at radius 1 is 1.61 bits per heavy atom. The van der Waals surface area contributed by atoms with Crippen LogP contribution in [0.3, 0.4) is 0 Å². The predicted octanol–water partition coefficient (Wildman–Crippen LogP) is 0.619. The van der Waals surface area contributed by atoms with Gasteiger partial charge in [-0.15, -0.1) is 0 Å². The molecule has 1 rings (SSSR count). The van der Waals surface area contributed by atoms with E-state index in [1.807, 2.05) is 0 Å². The molecule has 1 amide bonds. The highest BCUT2D eigenvalue weighted by molar-refractivity contribution is 5.95. The molecule has 0 bridgehead atoms. The maximum atomic E-state index is 11.8. The van der Waals surface area contributed by atoms with Crippen LogP contribution in [-0.2, 0) is 11.3 Å². The highest BCUT2D eigenvalue weighted by atomic mass is 16.6. The molecule has 0 spiro atoms. The number of hydrogen-bond donors (Lipinski definition) is 2. The normalized spacial score (nSPS) is 11.9. The zero-order valence-corrected chi connectivity index (χ0v) is 9.91. The minimum absolute atomic E-state index is 0.0669. The summed E-state index contributed by atoms with van der Waals surface area (Å²) >= 11 is 0. The van der Waals surface area contributed by atoms with Crippen molar-refractivity contribution in [1.82, 2.24) is 9.88 Å². The number of rotatable bonds is 5. The second kappa shape index (κ2) is 5.30. The zero-order valence-electron chi connectivity index (χ0n) is 9.91. The molecule has 0 saturated heterocycles. The SMILES string of the molecule is CCn1cc([N+](=O)[O-])cc1C(=O)N[C@@H](C)C(=O)O. The number of hydrogen-bond acceptors (Lipinski definition) is 4. The van der Waals surface area contributed by atoms with Crippen LogP contribution in [0.25, 0.3) is 0 Å². The van der Waals surface area contributed by atoms with Crippen molar-refractivity contribution < 1.29 is 19.6 Å². The third kappa shape index (κ3) is 2.84. The molecule has 0 fully saturated rings. The van der Waals surface area contributed by atoms with Gasteiger partial charge in [0.15, 0.2) is 0 Å². The molecule has 2 N–H and O–H groups in total. The van der Waals surface area contributed by atoms with E-state index < -0.39 is 22.8 Å². The molecule has 8 heteroatoms. The largest absolute Gasteiger partial charge is 0.480 e. The first-order valence-electron chi connectivity index (χ1n) is 5.25.